The molecule has 10 heavy (non-hydrogen) atoms. The molecule has 0 aromatic heterocycles. The lowest BCUT2D eigenvalue weighted by Gasteiger charge is -2.20. The summed E-state index contributed by atoms with van der Waals surface area (Å²) in [5.74, 6) is 0. The van der Waals surface area contributed by atoms with E-state index in [1.807, 2.05) is 0 Å². The fourth-order valence-electron chi connectivity index (χ4n) is 0.617. The predicted octanol–water partition coefficient (Wildman–Crippen LogP) is 0.401. The smallest absolute Gasteiger partial charge is 0.450 e. The summed E-state index contributed by atoms with van der Waals surface area (Å²) in [7, 11) is 0. The van der Waals surface area contributed by atoms with E-state index >= 15 is 0 Å². The van der Waals surface area contributed by atoms with Crippen LogP contribution in [-0.4, -0.2) is 31.0 Å². The molecule has 0 spiro atoms. The van der Waals surface area contributed by atoms with Gasteiger partial charge in [-0.25, -0.2) is 4.79 Å². The first-order valence-electron chi connectivity index (χ1n) is 2.92. The van der Waals surface area contributed by atoms with Crippen LogP contribution < -0.4 is 0 Å². The Bertz CT molecular complexity index is 117. The van der Waals surface area contributed by atoms with Gasteiger partial charge in [-0.1, -0.05) is 0 Å². The first kappa shape index (κ1) is 7.30. The molecule has 1 saturated heterocycles. The highest BCUT2D eigenvalue weighted by molar-refractivity contribution is 5.56. The van der Waals surface area contributed by atoms with Gasteiger partial charge in [-0.15, -0.1) is 0 Å². The highest BCUT2D eigenvalue weighted by Gasteiger charge is 2.17. The molecule has 58 valence electrons. The van der Waals surface area contributed by atoms with Crippen molar-refractivity contribution in [3.8, 4) is 0 Å². The van der Waals surface area contributed by atoms with Crippen LogP contribution in [0.15, 0.2) is 0 Å². The van der Waals surface area contributed by atoms with Crippen molar-refractivity contribution in [1.82, 2.24) is 0 Å². The number of ether oxygens (including phenoxy) is 3. The van der Waals surface area contributed by atoms with Gasteiger partial charge in [0.1, 0.15) is 0 Å². The number of hydrogen-bond acceptors (Lipinski definition) is 4. The van der Waals surface area contributed by atoms with Gasteiger partial charge in [0.25, 0.3) is 0 Å². The number of hydrogen-bond donors (Lipinski definition) is 1. The quantitative estimate of drug-likeness (QED) is 0.545. The molecule has 1 aliphatic rings. The summed E-state index contributed by atoms with van der Waals surface area (Å²) in [4.78, 5) is 9.89. The molecule has 1 aliphatic heterocycles. The van der Waals surface area contributed by atoms with Crippen molar-refractivity contribution in [2.24, 2.45) is 0 Å². The molecule has 0 aromatic rings. The van der Waals surface area contributed by atoms with Crippen LogP contribution in [-0.2, 0) is 14.2 Å². The topological polar surface area (TPSA) is 65.0 Å². The lowest BCUT2D eigenvalue weighted by atomic mass is 10.5. The molecule has 1 heterocycles. The Kier molecular flexibility index (Phi) is 2.47. The Hall–Kier alpha value is -0.810. The van der Waals surface area contributed by atoms with E-state index in [1.54, 1.807) is 0 Å². The Morgan fingerprint density at radius 1 is 1.50 bits per heavy atom. The second-order valence-electron chi connectivity index (χ2n) is 1.77. The van der Waals surface area contributed by atoms with Crippen LogP contribution >= 0.6 is 0 Å². The highest BCUT2D eigenvalue weighted by Crippen LogP contribution is 2.05. The summed E-state index contributed by atoms with van der Waals surface area (Å²) in [6.45, 7) is -0.0538. The maximum Gasteiger partial charge on any atom is 0.509 e. The van der Waals surface area contributed by atoms with Crippen molar-refractivity contribution in [3.63, 3.8) is 0 Å². The molecular weight excluding hydrogens is 140 g/mol. The molecule has 1 fully saturated rings. The summed E-state index contributed by atoms with van der Waals surface area (Å²) in [6, 6.07) is 0. The van der Waals surface area contributed by atoms with Gasteiger partial charge in [-0.2, -0.15) is 0 Å². The molecule has 5 nitrogen and oxygen atoms in total. The van der Waals surface area contributed by atoms with E-state index in [2.05, 4.69) is 4.74 Å². The fraction of sp³-hybridized carbons (Fsp3) is 0.800. The standard InChI is InChI=1S/C5H8O5/c6-4(7)10-5-8-2-1-3-9-5/h5H,1-3H2,(H,6,7). The fourth-order valence-corrected chi connectivity index (χ4v) is 0.617. The first-order chi connectivity index (χ1) is 4.79. The Balaban J connectivity index is 2.19. The van der Waals surface area contributed by atoms with Gasteiger partial charge >= 0.3 is 12.6 Å². The van der Waals surface area contributed by atoms with Crippen molar-refractivity contribution in [2.75, 3.05) is 13.2 Å². The third-order valence-corrected chi connectivity index (χ3v) is 0.994. The van der Waals surface area contributed by atoms with Crippen LogP contribution in [0, 0.1) is 0 Å². The van der Waals surface area contributed by atoms with Crippen LogP contribution in [0.3, 0.4) is 0 Å². The number of rotatable bonds is 1. The maximum absolute atomic E-state index is 9.89. The van der Waals surface area contributed by atoms with Gasteiger partial charge in [0.05, 0.1) is 13.2 Å². The zero-order valence-corrected chi connectivity index (χ0v) is 5.28. The van der Waals surface area contributed by atoms with Gasteiger partial charge in [-0.05, 0) is 6.42 Å². The van der Waals surface area contributed by atoms with E-state index in [9.17, 15) is 4.79 Å². The van der Waals surface area contributed by atoms with Crippen LogP contribution in [0.2, 0.25) is 0 Å². The molecule has 0 radical (unpaired) electrons. The minimum absolute atomic E-state index is 0.484. The zero-order chi connectivity index (χ0) is 7.40. The number of carbonyl (C=O) groups is 1. The summed E-state index contributed by atoms with van der Waals surface area (Å²) < 4.78 is 13.7. The molecule has 1 rings (SSSR count). The molecule has 0 aromatic carbocycles. The molecule has 0 amide bonds. The monoisotopic (exact) mass is 148 g/mol. The Morgan fingerprint density at radius 3 is 2.60 bits per heavy atom. The molecule has 0 unspecified atom stereocenters. The van der Waals surface area contributed by atoms with Gasteiger partial charge in [0.2, 0.25) is 0 Å². The van der Waals surface area contributed by atoms with Crippen LogP contribution in [0.4, 0.5) is 4.79 Å². The van der Waals surface area contributed by atoms with Crippen molar-refractivity contribution >= 4 is 6.16 Å². The second kappa shape index (κ2) is 3.38. The van der Waals surface area contributed by atoms with E-state index in [1.165, 1.54) is 0 Å². The van der Waals surface area contributed by atoms with Crippen molar-refractivity contribution in [3.05, 3.63) is 0 Å². The van der Waals surface area contributed by atoms with E-state index in [4.69, 9.17) is 14.6 Å². The maximum atomic E-state index is 9.89. The molecule has 0 saturated carbocycles. The zero-order valence-electron chi connectivity index (χ0n) is 5.28. The lowest BCUT2D eigenvalue weighted by Crippen LogP contribution is -2.29. The Labute approximate surface area is 57.5 Å². The van der Waals surface area contributed by atoms with Gasteiger partial charge < -0.3 is 19.3 Å². The molecule has 1 N–H and O–H groups in total. The highest BCUT2D eigenvalue weighted by atomic mass is 16.9. The average Bonchev–Trinajstić information content (AvgIpc) is 1.88. The van der Waals surface area contributed by atoms with Crippen molar-refractivity contribution < 1.29 is 24.1 Å². The second-order valence-corrected chi connectivity index (χ2v) is 1.77. The number of carboxylic acid groups (broad SMARTS) is 1. The molecular formula is C5H8O5. The van der Waals surface area contributed by atoms with E-state index in [-0.39, 0.29) is 0 Å². The summed E-state index contributed by atoms with van der Waals surface area (Å²) in [5, 5.41) is 8.08. The largest absolute Gasteiger partial charge is 0.509 e. The molecule has 0 aliphatic carbocycles. The van der Waals surface area contributed by atoms with Crippen LogP contribution in [0.5, 0.6) is 0 Å². The first-order valence-corrected chi connectivity index (χ1v) is 2.92. The van der Waals surface area contributed by atoms with E-state index < -0.39 is 12.6 Å². The van der Waals surface area contributed by atoms with Gasteiger partial charge in [0, 0.05) is 0 Å². The summed E-state index contributed by atoms with van der Waals surface area (Å²) >= 11 is 0. The summed E-state index contributed by atoms with van der Waals surface area (Å²) in [5.41, 5.74) is 0. The van der Waals surface area contributed by atoms with Crippen LogP contribution in [0.1, 0.15) is 6.42 Å². The summed E-state index contributed by atoms with van der Waals surface area (Å²) in [6.07, 6.45) is -0.605. The minimum atomic E-state index is -1.38. The third kappa shape index (κ3) is 2.20. The van der Waals surface area contributed by atoms with Gasteiger partial charge in [-0.3, -0.25) is 0 Å². The minimum Gasteiger partial charge on any atom is -0.450 e. The average molecular weight is 148 g/mol. The normalized spacial score (nSPS) is 20.4. The molecule has 0 atom stereocenters. The molecule has 0 bridgehead atoms. The SMILES string of the molecule is O=C(O)OC1OCCCO1. The van der Waals surface area contributed by atoms with E-state index in [0.717, 1.165) is 6.42 Å². The Morgan fingerprint density at radius 2 is 2.10 bits per heavy atom. The lowest BCUT2D eigenvalue weighted by molar-refractivity contribution is -0.289. The van der Waals surface area contributed by atoms with Gasteiger partial charge in [0.15, 0.2) is 0 Å². The molecule has 5 heteroatoms. The third-order valence-electron chi connectivity index (χ3n) is 0.994. The van der Waals surface area contributed by atoms with Crippen molar-refractivity contribution in [2.45, 2.75) is 12.9 Å². The predicted molar refractivity (Wildman–Crippen MR) is 29.4 cm³/mol. The van der Waals surface area contributed by atoms with Crippen LogP contribution in [0.25, 0.3) is 0 Å². The van der Waals surface area contributed by atoms with Crippen molar-refractivity contribution in [1.29, 1.82) is 0 Å². The van der Waals surface area contributed by atoms with E-state index in [0.29, 0.717) is 13.2 Å².